The number of hydrogen-bond donors (Lipinski definition) is 1. The molecule has 0 bridgehead atoms. The Morgan fingerprint density at radius 3 is 2.71 bits per heavy atom. The van der Waals surface area contributed by atoms with E-state index in [0.717, 1.165) is 32.1 Å². The van der Waals surface area contributed by atoms with Gasteiger partial charge >= 0.3 is 0 Å². The lowest BCUT2D eigenvalue weighted by Gasteiger charge is -2.23. The van der Waals surface area contributed by atoms with Gasteiger partial charge in [0, 0.05) is 6.04 Å². The molecule has 2 atom stereocenters. The van der Waals surface area contributed by atoms with E-state index in [-0.39, 0.29) is 21.5 Å². The van der Waals surface area contributed by atoms with Gasteiger partial charge in [0.1, 0.15) is 4.90 Å². The van der Waals surface area contributed by atoms with Crippen molar-refractivity contribution in [2.75, 3.05) is 0 Å². The maximum absolute atomic E-state index is 12.5. The Balaban J connectivity index is 2.27. The maximum atomic E-state index is 12.5. The molecule has 2 unspecified atom stereocenters. The Morgan fingerprint density at radius 2 is 2.00 bits per heavy atom. The first kappa shape index (κ1) is 16.3. The summed E-state index contributed by atoms with van der Waals surface area (Å²) in [5.74, 6) is 0.306. The molecule has 1 saturated carbocycles. The lowest BCUT2D eigenvalue weighted by molar-refractivity contribution is 0.399. The Labute approximate surface area is 131 Å². The molecular weight excluding hydrogens is 308 g/mol. The van der Waals surface area contributed by atoms with Gasteiger partial charge in [-0.2, -0.15) is 5.26 Å². The van der Waals surface area contributed by atoms with Crippen LogP contribution in [0.3, 0.4) is 0 Å². The molecule has 0 saturated heterocycles. The number of benzene rings is 1. The lowest BCUT2D eigenvalue weighted by Crippen LogP contribution is -2.38. The third kappa shape index (κ3) is 3.97. The second-order valence-electron chi connectivity index (χ2n) is 5.60. The second kappa shape index (κ2) is 6.78. The molecule has 1 fully saturated rings. The highest BCUT2D eigenvalue weighted by atomic mass is 35.5. The van der Waals surface area contributed by atoms with E-state index < -0.39 is 10.0 Å². The zero-order chi connectivity index (χ0) is 15.5. The summed E-state index contributed by atoms with van der Waals surface area (Å²) >= 11 is 6.00. The van der Waals surface area contributed by atoms with Crippen molar-refractivity contribution in [1.29, 1.82) is 5.26 Å². The molecule has 1 aliphatic rings. The van der Waals surface area contributed by atoms with Crippen LogP contribution in [0.2, 0.25) is 5.02 Å². The third-order valence-electron chi connectivity index (χ3n) is 4.02. The van der Waals surface area contributed by atoms with E-state index in [4.69, 9.17) is 16.9 Å². The highest BCUT2D eigenvalue weighted by Crippen LogP contribution is 2.27. The van der Waals surface area contributed by atoms with Crippen molar-refractivity contribution in [3.63, 3.8) is 0 Å². The van der Waals surface area contributed by atoms with Crippen molar-refractivity contribution in [1.82, 2.24) is 4.72 Å². The second-order valence-corrected chi connectivity index (χ2v) is 7.69. The first-order valence-electron chi connectivity index (χ1n) is 7.16. The van der Waals surface area contributed by atoms with Gasteiger partial charge in [-0.3, -0.25) is 0 Å². The molecular formula is C15H19ClN2O2S. The molecule has 2 rings (SSSR count). The highest BCUT2D eigenvalue weighted by Gasteiger charge is 2.27. The summed E-state index contributed by atoms with van der Waals surface area (Å²) in [7, 11) is -3.71. The first-order valence-corrected chi connectivity index (χ1v) is 9.02. The van der Waals surface area contributed by atoms with Gasteiger partial charge in [-0.25, -0.2) is 13.1 Å². The summed E-state index contributed by atoms with van der Waals surface area (Å²) < 4.78 is 27.9. The van der Waals surface area contributed by atoms with Gasteiger partial charge in [0.05, 0.1) is 16.7 Å². The monoisotopic (exact) mass is 326 g/mol. The predicted molar refractivity (Wildman–Crippen MR) is 82.5 cm³/mol. The molecule has 114 valence electrons. The summed E-state index contributed by atoms with van der Waals surface area (Å²) in [6.07, 6.45) is 5.19. The van der Waals surface area contributed by atoms with Crippen molar-refractivity contribution >= 4 is 21.6 Å². The normalized spacial score (nSPS) is 23.3. The minimum absolute atomic E-state index is 0.0142. The van der Waals surface area contributed by atoms with Crippen LogP contribution in [0.4, 0.5) is 0 Å². The number of nitrogens with one attached hydrogen (secondary N) is 1. The van der Waals surface area contributed by atoms with E-state index in [1.807, 2.05) is 6.07 Å². The average Bonchev–Trinajstić information content (AvgIpc) is 2.64. The summed E-state index contributed by atoms with van der Waals surface area (Å²) in [5, 5.41) is 9.05. The molecule has 4 nitrogen and oxygen atoms in total. The number of halogens is 1. The van der Waals surface area contributed by atoms with Gasteiger partial charge in [-0.15, -0.1) is 0 Å². The zero-order valence-electron chi connectivity index (χ0n) is 12.0. The van der Waals surface area contributed by atoms with Crippen LogP contribution in [-0.4, -0.2) is 14.5 Å². The number of nitrogens with zero attached hydrogens (tertiary/aromatic N) is 1. The summed E-state index contributed by atoms with van der Waals surface area (Å²) in [6, 6.07) is 6.15. The average molecular weight is 327 g/mol. The van der Waals surface area contributed by atoms with Gasteiger partial charge in [-0.1, -0.05) is 37.8 Å². The Bertz CT molecular complexity index is 652. The molecule has 0 aromatic heterocycles. The fourth-order valence-corrected chi connectivity index (χ4v) is 4.61. The topological polar surface area (TPSA) is 70.0 Å². The molecule has 0 spiro atoms. The summed E-state index contributed by atoms with van der Waals surface area (Å²) in [6.45, 7) is 2.08. The molecule has 1 aromatic carbocycles. The van der Waals surface area contributed by atoms with Crippen LogP contribution in [0.25, 0.3) is 0 Å². The van der Waals surface area contributed by atoms with Gasteiger partial charge in [-0.05, 0) is 37.0 Å². The van der Waals surface area contributed by atoms with Gasteiger partial charge in [0.15, 0.2) is 0 Å². The Kier molecular flexibility index (Phi) is 5.26. The minimum Gasteiger partial charge on any atom is -0.208 e. The minimum atomic E-state index is -3.71. The first-order chi connectivity index (χ1) is 9.94. The Hall–Kier alpha value is -1.09. The number of nitriles is 1. The van der Waals surface area contributed by atoms with Gasteiger partial charge in [0.2, 0.25) is 10.0 Å². The number of rotatable bonds is 3. The quantitative estimate of drug-likeness (QED) is 0.865. The largest absolute Gasteiger partial charge is 0.242 e. The van der Waals surface area contributed by atoms with E-state index >= 15 is 0 Å². The van der Waals surface area contributed by atoms with Crippen molar-refractivity contribution in [2.24, 2.45) is 5.92 Å². The van der Waals surface area contributed by atoms with Crippen LogP contribution in [0.5, 0.6) is 0 Å². The van der Waals surface area contributed by atoms with Crippen LogP contribution in [0, 0.1) is 17.2 Å². The highest BCUT2D eigenvalue weighted by molar-refractivity contribution is 7.89. The predicted octanol–water partition coefficient (Wildman–Crippen LogP) is 3.46. The molecule has 0 amide bonds. The van der Waals surface area contributed by atoms with E-state index in [1.54, 1.807) is 0 Å². The standard InChI is InChI=1S/C15H19ClN2O2S/c1-11-5-3-2-4-6-14(11)18-21(19,20)15-9-12(10-17)7-8-13(15)16/h7-9,11,14,18H,2-6H2,1H3. The van der Waals surface area contributed by atoms with Gasteiger partial charge in [0.25, 0.3) is 0 Å². The zero-order valence-corrected chi connectivity index (χ0v) is 13.5. The Morgan fingerprint density at radius 1 is 1.29 bits per heavy atom. The molecule has 6 heteroatoms. The number of sulfonamides is 1. The third-order valence-corrected chi connectivity index (χ3v) is 5.99. The fourth-order valence-electron chi connectivity index (χ4n) is 2.71. The van der Waals surface area contributed by atoms with Crippen LogP contribution in [0.1, 0.15) is 44.6 Å². The molecule has 0 aliphatic heterocycles. The van der Waals surface area contributed by atoms with Crippen molar-refractivity contribution in [3.05, 3.63) is 28.8 Å². The molecule has 0 radical (unpaired) electrons. The van der Waals surface area contributed by atoms with Crippen LogP contribution >= 0.6 is 11.6 Å². The van der Waals surface area contributed by atoms with Crippen LogP contribution < -0.4 is 4.72 Å². The van der Waals surface area contributed by atoms with E-state index in [0.29, 0.717) is 5.92 Å². The smallest absolute Gasteiger partial charge is 0.208 e. The van der Waals surface area contributed by atoms with E-state index in [9.17, 15) is 8.42 Å². The van der Waals surface area contributed by atoms with Crippen LogP contribution in [0.15, 0.2) is 23.1 Å². The summed E-state index contributed by atoms with van der Waals surface area (Å²) in [4.78, 5) is -0.0142. The fraction of sp³-hybridized carbons (Fsp3) is 0.533. The maximum Gasteiger partial charge on any atom is 0.242 e. The SMILES string of the molecule is CC1CCCCCC1NS(=O)(=O)c1cc(C#N)ccc1Cl. The van der Waals surface area contributed by atoms with E-state index in [2.05, 4.69) is 11.6 Å². The molecule has 0 heterocycles. The molecule has 1 N–H and O–H groups in total. The van der Waals surface area contributed by atoms with Gasteiger partial charge < -0.3 is 0 Å². The van der Waals surface area contributed by atoms with Crippen LogP contribution in [-0.2, 0) is 10.0 Å². The molecule has 21 heavy (non-hydrogen) atoms. The van der Waals surface area contributed by atoms with Crippen molar-refractivity contribution in [3.8, 4) is 6.07 Å². The summed E-state index contributed by atoms with van der Waals surface area (Å²) in [5.41, 5.74) is 0.286. The lowest BCUT2D eigenvalue weighted by atomic mass is 9.98. The van der Waals surface area contributed by atoms with Crippen molar-refractivity contribution < 1.29 is 8.42 Å². The molecule has 1 aliphatic carbocycles. The van der Waals surface area contributed by atoms with E-state index in [1.165, 1.54) is 18.2 Å². The van der Waals surface area contributed by atoms with Crippen molar-refractivity contribution in [2.45, 2.75) is 50.0 Å². The number of hydrogen-bond acceptors (Lipinski definition) is 3. The molecule has 1 aromatic rings.